The highest BCUT2D eigenvalue weighted by Gasteiger charge is 2.46. The zero-order valence-corrected chi connectivity index (χ0v) is 14.8. The molecule has 2 heterocycles. The molecule has 3 atom stereocenters. The number of nitrogens with one attached hydrogen (secondary N) is 1. The van der Waals surface area contributed by atoms with Gasteiger partial charge in [0.1, 0.15) is 10.8 Å². The zero-order chi connectivity index (χ0) is 16.7. The van der Waals surface area contributed by atoms with E-state index in [-0.39, 0.29) is 10.6 Å². The van der Waals surface area contributed by atoms with Gasteiger partial charge in [-0.2, -0.15) is 0 Å². The molecule has 0 amide bonds. The van der Waals surface area contributed by atoms with E-state index < -0.39 is 10.7 Å². The molecule has 23 heavy (non-hydrogen) atoms. The number of nitrogens with zero attached hydrogens (tertiary/aromatic N) is 1. The SMILES string of the molecule is CC1(N)NC(Cl)(c2ccc(F)cc2)C(c2ccncc2)=CC1Br. The van der Waals surface area contributed by atoms with Gasteiger partial charge < -0.3 is 5.73 Å². The van der Waals surface area contributed by atoms with E-state index >= 15 is 0 Å². The fourth-order valence-electron chi connectivity index (χ4n) is 2.68. The number of nitrogens with two attached hydrogens (primary N) is 1. The van der Waals surface area contributed by atoms with Crippen LogP contribution in [0.2, 0.25) is 0 Å². The second-order valence-electron chi connectivity index (χ2n) is 5.79. The molecule has 0 fully saturated rings. The normalized spacial score (nSPS) is 30.8. The molecule has 1 aromatic carbocycles. The van der Waals surface area contributed by atoms with E-state index in [1.807, 2.05) is 25.1 Å². The molecule has 3 nitrogen and oxygen atoms in total. The van der Waals surface area contributed by atoms with Crippen molar-refractivity contribution in [1.29, 1.82) is 0 Å². The van der Waals surface area contributed by atoms with E-state index in [1.54, 1.807) is 24.5 Å². The first-order valence-electron chi connectivity index (χ1n) is 7.13. The minimum absolute atomic E-state index is 0.120. The number of pyridine rings is 1. The summed E-state index contributed by atoms with van der Waals surface area (Å²) in [6, 6.07) is 9.86. The predicted octanol–water partition coefficient (Wildman–Crippen LogP) is 3.74. The number of benzene rings is 1. The van der Waals surface area contributed by atoms with Gasteiger partial charge in [-0.1, -0.05) is 45.7 Å². The quantitative estimate of drug-likeness (QED) is 0.600. The van der Waals surface area contributed by atoms with Gasteiger partial charge in [-0.15, -0.1) is 0 Å². The Kier molecular flexibility index (Phi) is 4.31. The van der Waals surface area contributed by atoms with Gasteiger partial charge in [0, 0.05) is 12.4 Å². The van der Waals surface area contributed by atoms with Gasteiger partial charge in [0.15, 0.2) is 0 Å². The van der Waals surface area contributed by atoms with Crippen molar-refractivity contribution in [2.45, 2.75) is 22.4 Å². The molecule has 1 aliphatic rings. The molecule has 0 bridgehead atoms. The number of hydrogen-bond acceptors (Lipinski definition) is 3. The molecule has 1 aromatic heterocycles. The second-order valence-corrected chi connectivity index (χ2v) is 7.34. The molecule has 3 rings (SSSR count). The Labute approximate surface area is 147 Å². The van der Waals surface area contributed by atoms with Crippen molar-refractivity contribution in [3.05, 3.63) is 71.8 Å². The molecule has 1 aliphatic heterocycles. The fourth-order valence-corrected chi connectivity index (χ4v) is 3.56. The largest absolute Gasteiger partial charge is 0.312 e. The number of aromatic nitrogens is 1. The summed E-state index contributed by atoms with van der Waals surface area (Å²) in [7, 11) is 0. The first-order valence-corrected chi connectivity index (χ1v) is 8.42. The molecule has 0 aliphatic carbocycles. The average molecular weight is 397 g/mol. The molecule has 3 unspecified atom stereocenters. The molecule has 6 heteroatoms. The Hall–Kier alpha value is -1.27. The maximum Gasteiger partial charge on any atom is 0.146 e. The number of alkyl halides is 2. The summed E-state index contributed by atoms with van der Waals surface area (Å²) < 4.78 is 13.3. The number of hydrogen-bond donors (Lipinski definition) is 2. The van der Waals surface area contributed by atoms with Crippen LogP contribution < -0.4 is 11.1 Å². The van der Waals surface area contributed by atoms with Gasteiger partial charge >= 0.3 is 0 Å². The first kappa shape index (κ1) is 16.6. The minimum Gasteiger partial charge on any atom is -0.312 e. The van der Waals surface area contributed by atoms with Crippen molar-refractivity contribution in [3.63, 3.8) is 0 Å². The lowest BCUT2D eigenvalue weighted by atomic mass is 9.85. The van der Waals surface area contributed by atoms with E-state index in [9.17, 15) is 4.39 Å². The van der Waals surface area contributed by atoms with Crippen LogP contribution in [0.15, 0.2) is 54.9 Å². The van der Waals surface area contributed by atoms with Gasteiger partial charge in [0.05, 0.1) is 10.5 Å². The van der Waals surface area contributed by atoms with E-state index in [2.05, 4.69) is 26.2 Å². The number of halogens is 3. The van der Waals surface area contributed by atoms with Gasteiger partial charge in [-0.25, -0.2) is 4.39 Å². The van der Waals surface area contributed by atoms with Gasteiger partial charge in [-0.05, 0) is 47.9 Å². The van der Waals surface area contributed by atoms with E-state index in [0.29, 0.717) is 0 Å². The maximum atomic E-state index is 13.3. The van der Waals surface area contributed by atoms with Crippen LogP contribution >= 0.6 is 27.5 Å². The monoisotopic (exact) mass is 395 g/mol. The molecular weight excluding hydrogens is 381 g/mol. The van der Waals surface area contributed by atoms with Crippen LogP contribution in [0.1, 0.15) is 18.1 Å². The summed E-state index contributed by atoms with van der Waals surface area (Å²) in [4.78, 5) is 2.86. The predicted molar refractivity (Wildman–Crippen MR) is 94.6 cm³/mol. The van der Waals surface area contributed by atoms with Crippen molar-refractivity contribution in [3.8, 4) is 0 Å². The lowest BCUT2D eigenvalue weighted by Gasteiger charge is -2.45. The molecule has 2 aromatic rings. The van der Waals surface area contributed by atoms with Crippen molar-refractivity contribution in [2.75, 3.05) is 0 Å². The van der Waals surface area contributed by atoms with Gasteiger partial charge in [0.25, 0.3) is 0 Å². The molecule has 3 N–H and O–H groups in total. The second kappa shape index (κ2) is 5.98. The highest BCUT2D eigenvalue weighted by atomic mass is 79.9. The summed E-state index contributed by atoms with van der Waals surface area (Å²) in [5.74, 6) is -0.312. The average Bonchev–Trinajstić information content (AvgIpc) is 2.52. The molecule has 0 radical (unpaired) electrons. The van der Waals surface area contributed by atoms with E-state index in [1.165, 1.54) is 12.1 Å². The highest BCUT2D eigenvalue weighted by Crippen LogP contribution is 2.45. The smallest absolute Gasteiger partial charge is 0.146 e. The molecule has 0 spiro atoms. The van der Waals surface area contributed by atoms with Crippen LogP contribution in [0.4, 0.5) is 4.39 Å². The summed E-state index contributed by atoms with van der Waals surface area (Å²) in [6.45, 7) is 1.85. The van der Waals surface area contributed by atoms with Crippen molar-refractivity contribution in [2.24, 2.45) is 5.73 Å². The highest BCUT2D eigenvalue weighted by molar-refractivity contribution is 9.09. The summed E-state index contributed by atoms with van der Waals surface area (Å²) in [5, 5.41) is 3.29. The summed E-state index contributed by atoms with van der Waals surface area (Å²) in [5.41, 5.74) is 8.05. The maximum absolute atomic E-state index is 13.3. The third-order valence-corrected chi connectivity index (χ3v) is 5.66. The van der Waals surface area contributed by atoms with Crippen LogP contribution in [0.3, 0.4) is 0 Å². The summed E-state index contributed by atoms with van der Waals surface area (Å²) in [6.07, 6.45) is 5.40. The molecule has 0 saturated heterocycles. The standard InChI is InChI=1S/C17H16BrClFN3/c1-16(21)15(18)10-14(11-6-8-22-9-7-11)17(19,23-16)12-2-4-13(20)5-3-12/h2-10,15,23H,21H2,1H3. The van der Waals surface area contributed by atoms with Crippen LogP contribution in [0.5, 0.6) is 0 Å². The lowest BCUT2D eigenvalue weighted by Crippen LogP contribution is -2.65. The van der Waals surface area contributed by atoms with E-state index in [0.717, 1.165) is 16.7 Å². The fraction of sp³-hybridized carbons (Fsp3) is 0.235. The third-order valence-electron chi connectivity index (χ3n) is 3.93. The Morgan fingerprint density at radius 1 is 1.22 bits per heavy atom. The molecule has 120 valence electrons. The van der Waals surface area contributed by atoms with Gasteiger partial charge in [0.2, 0.25) is 0 Å². The number of rotatable bonds is 2. The Bertz CT molecular complexity index is 733. The van der Waals surface area contributed by atoms with Crippen molar-refractivity contribution < 1.29 is 4.39 Å². The Balaban J connectivity index is 2.18. The molecule has 0 saturated carbocycles. The first-order chi connectivity index (χ1) is 10.8. The van der Waals surface area contributed by atoms with Crippen LogP contribution in [-0.4, -0.2) is 15.5 Å². The Morgan fingerprint density at radius 3 is 2.43 bits per heavy atom. The van der Waals surface area contributed by atoms with Crippen LogP contribution in [-0.2, 0) is 5.00 Å². The zero-order valence-electron chi connectivity index (χ0n) is 12.4. The van der Waals surface area contributed by atoms with Crippen molar-refractivity contribution >= 4 is 33.1 Å². The van der Waals surface area contributed by atoms with Crippen LogP contribution in [0, 0.1) is 5.82 Å². The molecular formula is C17H16BrClFN3. The Morgan fingerprint density at radius 2 is 1.83 bits per heavy atom. The topological polar surface area (TPSA) is 50.9 Å². The third kappa shape index (κ3) is 3.06. The lowest BCUT2D eigenvalue weighted by molar-refractivity contribution is 0.326. The van der Waals surface area contributed by atoms with Crippen LogP contribution in [0.25, 0.3) is 5.57 Å². The summed E-state index contributed by atoms with van der Waals surface area (Å²) >= 11 is 10.6. The van der Waals surface area contributed by atoms with E-state index in [4.69, 9.17) is 17.3 Å². The van der Waals surface area contributed by atoms with Gasteiger partial charge in [-0.3, -0.25) is 10.3 Å². The minimum atomic E-state index is -1.07. The van der Waals surface area contributed by atoms with Crippen molar-refractivity contribution in [1.82, 2.24) is 10.3 Å².